The standard InChI is InChI=1S/C16H18ClN3OS/c1-19-6-8-20(9-7-19)14-5-4-12(11-13(14)17)18-16(21)15-3-2-10-22-15/h2-5,10-11H,6-9H2,1H3,(H,18,21). The molecule has 0 unspecified atom stereocenters. The summed E-state index contributed by atoms with van der Waals surface area (Å²) in [4.78, 5) is 17.3. The van der Waals surface area contributed by atoms with E-state index in [1.807, 2.05) is 29.6 Å². The fourth-order valence-corrected chi connectivity index (χ4v) is 3.41. The third-order valence-electron chi connectivity index (χ3n) is 3.79. The van der Waals surface area contributed by atoms with Crippen molar-refractivity contribution in [3.63, 3.8) is 0 Å². The summed E-state index contributed by atoms with van der Waals surface area (Å²) in [7, 11) is 2.13. The summed E-state index contributed by atoms with van der Waals surface area (Å²) in [5.41, 5.74) is 1.75. The minimum Gasteiger partial charge on any atom is -0.368 e. The van der Waals surface area contributed by atoms with Gasteiger partial charge in [0.2, 0.25) is 0 Å². The highest BCUT2D eigenvalue weighted by molar-refractivity contribution is 7.12. The van der Waals surface area contributed by atoms with E-state index >= 15 is 0 Å². The van der Waals surface area contributed by atoms with Crippen LogP contribution in [0, 0.1) is 0 Å². The average Bonchev–Trinajstić information content (AvgIpc) is 3.03. The van der Waals surface area contributed by atoms with Gasteiger partial charge in [0.1, 0.15) is 0 Å². The van der Waals surface area contributed by atoms with Gasteiger partial charge < -0.3 is 15.1 Å². The first-order valence-corrected chi connectivity index (χ1v) is 8.47. The third-order valence-corrected chi connectivity index (χ3v) is 4.97. The zero-order chi connectivity index (χ0) is 15.5. The summed E-state index contributed by atoms with van der Waals surface area (Å²) in [6.07, 6.45) is 0. The molecule has 1 amide bonds. The fourth-order valence-electron chi connectivity index (χ4n) is 2.49. The van der Waals surface area contributed by atoms with Gasteiger partial charge in [-0.3, -0.25) is 4.79 Å². The number of likely N-dealkylation sites (N-methyl/N-ethyl adjacent to an activating group) is 1. The number of nitrogens with one attached hydrogen (secondary N) is 1. The molecule has 22 heavy (non-hydrogen) atoms. The molecule has 2 aromatic rings. The molecule has 2 heterocycles. The second-order valence-corrected chi connectivity index (χ2v) is 6.74. The Balaban J connectivity index is 1.71. The molecule has 0 aliphatic carbocycles. The molecule has 1 aromatic carbocycles. The van der Waals surface area contributed by atoms with Gasteiger partial charge in [-0.25, -0.2) is 0 Å². The topological polar surface area (TPSA) is 35.6 Å². The SMILES string of the molecule is CN1CCN(c2ccc(NC(=O)c3cccs3)cc2Cl)CC1. The lowest BCUT2D eigenvalue weighted by atomic mass is 10.2. The van der Waals surface area contributed by atoms with Crippen LogP contribution >= 0.6 is 22.9 Å². The Morgan fingerprint density at radius 1 is 1.23 bits per heavy atom. The van der Waals surface area contributed by atoms with Crippen molar-refractivity contribution in [2.75, 3.05) is 43.4 Å². The summed E-state index contributed by atoms with van der Waals surface area (Å²) in [6.45, 7) is 4.01. The first-order valence-electron chi connectivity index (χ1n) is 7.21. The van der Waals surface area contributed by atoms with Crippen molar-refractivity contribution in [3.05, 3.63) is 45.6 Å². The summed E-state index contributed by atoms with van der Waals surface area (Å²) in [6, 6.07) is 9.38. The van der Waals surface area contributed by atoms with Crippen molar-refractivity contribution < 1.29 is 4.79 Å². The van der Waals surface area contributed by atoms with Crippen LogP contribution in [0.15, 0.2) is 35.7 Å². The molecule has 1 N–H and O–H groups in total. The van der Waals surface area contributed by atoms with Gasteiger partial charge in [-0.2, -0.15) is 0 Å². The molecule has 116 valence electrons. The zero-order valence-electron chi connectivity index (χ0n) is 12.4. The molecule has 1 fully saturated rings. The second kappa shape index (κ2) is 6.69. The van der Waals surface area contributed by atoms with Crippen molar-refractivity contribution in [1.29, 1.82) is 0 Å². The molecule has 0 bridgehead atoms. The van der Waals surface area contributed by atoms with E-state index in [1.165, 1.54) is 11.3 Å². The Morgan fingerprint density at radius 2 is 2.00 bits per heavy atom. The number of rotatable bonds is 3. The minimum absolute atomic E-state index is 0.0987. The molecule has 0 radical (unpaired) electrons. The van der Waals surface area contributed by atoms with Crippen LogP contribution in [0.2, 0.25) is 5.02 Å². The van der Waals surface area contributed by atoms with Gasteiger partial charge in [-0.15, -0.1) is 11.3 Å². The van der Waals surface area contributed by atoms with Crippen LogP contribution in [0.4, 0.5) is 11.4 Å². The average molecular weight is 336 g/mol. The van der Waals surface area contributed by atoms with Crippen LogP contribution in [0.5, 0.6) is 0 Å². The van der Waals surface area contributed by atoms with E-state index in [-0.39, 0.29) is 5.91 Å². The van der Waals surface area contributed by atoms with Crippen molar-refractivity contribution in [1.82, 2.24) is 4.90 Å². The zero-order valence-corrected chi connectivity index (χ0v) is 14.0. The molecule has 0 saturated carbocycles. The highest BCUT2D eigenvalue weighted by atomic mass is 35.5. The lowest BCUT2D eigenvalue weighted by Crippen LogP contribution is -2.44. The van der Waals surface area contributed by atoms with Crippen LogP contribution in [0.3, 0.4) is 0 Å². The number of hydrogen-bond donors (Lipinski definition) is 1. The number of piperazine rings is 1. The van der Waals surface area contributed by atoms with E-state index in [0.29, 0.717) is 9.90 Å². The highest BCUT2D eigenvalue weighted by Gasteiger charge is 2.17. The second-order valence-electron chi connectivity index (χ2n) is 5.39. The van der Waals surface area contributed by atoms with E-state index < -0.39 is 0 Å². The number of benzene rings is 1. The molecule has 0 spiro atoms. The number of anilines is 2. The summed E-state index contributed by atoms with van der Waals surface area (Å²) in [5, 5.41) is 5.44. The molecule has 0 atom stereocenters. The molecular weight excluding hydrogens is 318 g/mol. The Labute approximate surface area is 139 Å². The molecular formula is C16H18ClN3OS. The Hall–Kier alpha value is -1.56. The van der Waals surface area contributed by atoms with Crippen molar-refractivity contribution >= 4 is 40.2 Å². The van der Waals surface area contributed by atoms with Gasteiger partial charge in [0.05, 0.1) is 15.6 Å². The van der Waals surface area contributed by atoms with Crippen molar-refractivity contribution in [2.24, 2.45) is 0 Å². The van der Waals surface area contributed by atoms with Gasteiger partial charge >= 0.3 is 0 Å². The normalized spacial score (nSPS) is 15.8. The van der Waals surface area contributed by atoms with Gasteiger partial charge in [0.15, 0.2) is 0 Å². The Bertz CT molecular complexity index is 651. The van der Waals surface area contributed by atoms with Crippen molar-refractivity contribution in [3.8, 4) is 0 Å². The van der Waals surface area contributed by atoms with Crippen LogP contribution in [0.1, 0.15) is 9.67 Å². The smallest absolute Gasteiger partial charge is 0.265 e. The van der Waals surface area contributed by atoms with Gasteiger partial charge in [-0.05, 0) is 36.7 Å². The van der Waals surface area contributed by atoms with Crippen LogP contribution < -0.4 is 10.2 Å². The number of amides is 1. The Kier molecular flexibility index (Phi) is 4.66. The van der Waals surface area contributed by atoms with Crippen LogP contribution in [-0.2, 0) is 0 Å². The van der Waals surface area contributed by atoms with Crippen molar-refractivity contribution in [2.45, 2.75) is 0 Å². The third kappa shape index (κ3) is 3.43. The quantitative estimate of drug-likeness (QED) is 0.933. The molecule has 6 heteroatoms. The lowest BCUT2D eigenvalue weighted by molar-refractivity contribution is 0.103. The monoisotopic (exact) mass is 335 g/mol. The molecule has 1 aromatic heterocycles. The molecule has 1 aliphatic heterocycles. The predicted octanol–water partition coefficient (Wildman–Crippen LogP) is 3.41. The summed E-state index contributed by atoms with van der Waals surface area (Å²) < 4.78 is 0. The van der Waals surface area contributed by atoms with E-state index in [0.717, 1.165) is 37.6 Å². The van der Waals surface area contributed by atoms with Gasteiger partial charge in [0, 0.05) is 31.9 Å². The maximum atomic E-state index is 12.0. The van der Waals surface area contributed by atoms with Crippen LogP contribution in [-0.4, -0.2) is 44.0 Å². The largest absolute Gasteiger partial charge is 0.368 e. The van der Waals surface area contributed by atoms with E-state index in [4.69, 9.17) is 11.6 Å². The van der Waals surface area contributed by atoms with Crippen LogP contribution in [0.25, 0.3) is 0 Å². The Morgan fingerprint density at radius 3 is 2.64 bits per heavy atom. The maximum absolute atomic E-state index is 12.0. The highest BCUT2D eigenvalue weighted by Crippen LogP contribution is 2.29. The van der Waals surface area contributed by atoms with Gasteiger partial charge in [-0.1, -0.05) is 17.7 Å². The minimum atomic E-state index is -0.0987. The number of hydrogen-bond acceptors (Lipinski definition) is 4. The van der Waals surface area contributed by atoms with E-state index in [1.54, 1.807) is 6.07 Å². The number of carbonyl (C=O) groups excluding carboxylic acids is 1. The summed E-state index contributed by atoms with van der Waals surface area (Å²) in [5.74, 6) is -0.0987. The molecule has 1 aliphatic rings. The van der Waals surface area contributed by atoms with Gasteiger partial charge in [0.25, 0.3) is 5.91 Å². The lowest BCUT2D eigenvalue weighted by Gasteiger charge is -2.34. The number of thiophene rings is 1. The first-order chi connectivity index (χ1) is 10.6. The van der Waals surface area contributed by atoms with E-state index in [9.17, 15) is 4.79 Å². The van der Waals surface area contributed by atoms with E-state index in [2.05, 4.69) is 22.2 Å². The molecule has 4 nitrogen and oxygen atoms in total. The summed E-state index contributed by atoms with van der Waals surface area (Å²) >= 11 is 7.83. The number of halogens is 1. The molecule has 3 rings (SSSR count). The number of nitrogens with zero attached hydrogens (tertiary/aromatic N) is 2. The fraction of sp³-hybridized carbons (Fsp3) is 0.312. The predicted molar refractivity (Wildman–Crippen MR) is 93.4 cm³/mol. The number of carbonyl (C=O) groups is 1. The maximum Gasteiger partial charge on any atom is 0.265 e. The first kappa shape index (κ1) is 15.3. The molecule has 1 saturated heterocycles.